The van der Waals surface area contributed by atoms with Crippen LogP contribution in [0.25, 0.3) is 10.6 Å². The topological polar surface area (TPSA) is 110 Å². The molecule has 0 radical (unpaired) electrons. The van der Waals surface area contributed by atoms with Crippen LogP contribution in [-0.2, 0) is 4.74 Å². The van der Waals surface area contributed by atoms with E-state index in [-0.39, 0.29) is 27.4 Å². The molecule has 168 valence electrons. The van der Waals surface area contributed by atoms with Crippen molar-refractivity contribution in [3.8, 4) is 10.6 Å². The van der Waals surface area contributed by atoms with Crippen LogP contribution in [0.15, 0.2) is 36.7 Å². The summed E-state index contributed by atoms with van der Waals surface area (Å²) >= 11 is 0.823. The van der Waals surface area contributed by atoms with Gasteiger partial charge in [0.25, 0.3) is 5.91 Å². The minimum atomic E-state index is -0.793. The quantitative estimate of drug-likeness (QED) is 0.523. The average Bonchev–Trinajstić information content (AvgIpc) is 3.14. The van der Waals surface area contributed by atoms with Gasteiger partial charge in [-0.1, -0.05) is 24.3 Å². The van der Waals surface area contributed by atoms with Crippen LogP contribution >= 0.6 is 11.3 Å². The number of halogens is 2. The van der Waals surface area contributed by atoms with Crippen LogP contribution in [0.3, 0.4) is 0 Å². The van der Waals surface area contributed by atoms with Gasteiger partial charge in [0.1, 0.15) is 21.6 Å². The van der Waals surface area contributed by atoms with E-state index in [1.54, 1.807) is 12.3 Å². The average molecular weight is 461 g/mol. The number of aliphatic hydroxyl groups is 1. The lowest BCUT2D eigenvalue weighted by atomic mass is 9.95. The number of hydrogen-bond donors (Lipinski definition) is 3. The van der Waals surface area contributed by atoms with E-state index < -0.39 is 29.7 Å². The molecule has 0 saturated carbocycles. The number of nitrogens with one attached hydrogen (secondary N) is 1. The summed E-state index contributed by atoms with van der Waals surface area (Å²) in [6, 6.07) is 5.19. The van der Waals surface area contributed by atoms with Gasteiger partial charge in [0.05, 0.1) is 35.8 Å². The van der Waals surface area contributed by atoms with Crippen molar-refractivity contribution in [2.45, 2.75) is 44.5 Å². The molecular weight excluding hydrogens is 438 g/mol. The molecule has 10 heteroatoms. The third-order valence-corrected chi connectivity index (χ3v) is 6.23. The van der Waals surface area contributed by atoms with Crippen LogP contribution in [0.2, 0.25) is 0 Å². The molecule has 1 aliphatic heterocycles. The van der Waals surface area contributed by atoms with Crippen LogP contribution in [0.4, 0.5) is 19.5 Å². The summed E-state index contributed by atoms with van der Waals surface area (Å²) in [6.45, 7) is 1.98. The van der Waals surface area contributed by atoms with Crippen LogP contribution in [0, 0.1) is 11.6 Å². The zero-order valence-electron chi connectivity index (χ0n) is 17.2. The second kappa shape index (κ2) is 9.27. The van der Waals surface area contributed by atoms with E-state index >= 15 is 0 Å². The molecule has 7 nitrogen and oxygen atoms in total. The number of thiazole rings is 1. The zero-order chi connectivity index (χ0) is 22.8. The minimum Gasteiger partial charge on any atom is -0.393 e. The molecule has 4 N–H and O–H groups in total. The summed E-state index contributed by atoms with van der Waals surface area (Å²) < 4.78 is 34.3. The van der Waals surface area contributed by atoms with Crippen molar-refractivity contribution in [3.63, 3.8) is 0 Å². The highest BCUT2D eigenvalue weighted by Crippen LogP contribution is 2.37. The van der Waals surface area contributed by atoms with Gasteiger partial charge in [-0.05, 0) is 31.0 Å². The molecule has 1 aromatic carbocycles. The molecule has 1 aliphatic rings. The number of amides is 1. The van der Waals surface area contributed by atoms with Gasteiger partial charge in [0, 0.05) is 18.2 Å². The highest BCUT2D eigenvalue weighted by Gasteiger charge is 2.30. The van der Waals surface area contributed by atoms with Crippen molar-refractivity contribution in [2.75, 3.05) is 11.1 Å². The van der Waals surface area contributed by atoms with Gasteiger partial charge in [0.2, 0.25) is 0 Å². The van der Waals surface area contributed by atoms with E-state index in [1.165, 1.54) is 12.3 Å². The molecule has 1 amide bonds. The van der Waals surface area contributed by atoms with Crippen molar-refractivity contribution in [3.05, 3.63) is 59.6 Å². The second-order valence-electron chi connectivity index (χ2n) is 7.53. The van der Waals surface area contributed by atoms with Crippen LogP contribution in [0.1, 0.15) is 48.3 Å². The fraction of sp³-hybridized carbons (Fsp3) is 0.318. The maximum Gasteiger partial charge on any atom is 0.277 e. The maximum absolute atomic E-state index is 14.1. The van der Waals surface area contributed by atoms with Crippen molar-refractivity contribution in [1.82, 2.24) is 9.97 Å². The molecule has 3 heterocycles. The molecule has 1 unspecified atom stereocenters. The van der Waals surface area contributed by atoms with Gasteiger partial charge in [-0.2, -0.15) is 0 Å². The number of carbonyl (C=O) groups excluding carboxylic acids is 1. The lowest BCUT2D eigenvalue weighted by Crippen LogP contribution is -2.31. The SMILES string of the molecule is CC[C@@H]1C[C@H](O)CC(c2ccncc2NC(=O)c2nc(-c3c(F)cccc3F)sc2N)O1. The first kappa shape index (κ1) is 22.3. The Bertz CT molecular complexity index is 1120. The summed E-state index contributed by atoms with van der Waals surface area (Å²) in [5.74, 6) is -2.23. The molecule has 3 atom stereocenters. The van der Waals surface area contributed by atoms with Crippen molar-refractivity contribution in [1.29, 1.82) is 0 Å². The predicted molar refractivity (Wildman–Crippen MR) is 117 cm³/mol. The summed E-state index contributed by atoms with van der Waals surface area (Å²) in [5.41, 5.74) is 6.53. The van der Waals surface area contributed by atoms with E-state index in [0.717, 1.165) is 29.9 Å². The molecule has 1 fully saturated rings. The summed E-state index contributed by atoms with van der Waals surface area (Å²) in [7, 11) is 0. The Labute approximate surface area is 187 Å². The van der Waals surface area contributed by atoms with E-state index in [4.69, 9.17) is 10.5 Å². The number of nitrogens with two attached hydrogens (primary N) is 1. The number of anilines is 2. The highest BCUT2D eigenvalue weighted by atomic mass is 32.1. The number of nitrogens with zero attached hydrogens (tertiary/aromatic N) is 2. The molecule has 3 aromatic rings. The lowest BCUT2D eigenvalue weighted by Gasteiger charge is -2.33. The van der Waals surface area contributed by atoms with E-state index in [0.29, 0.717) is 24.1 Å². The Balaban J connectivity index is 1.60. The summed E-state index contributed by atoms with van der Waals surface area (Å²) in [6.07, 6.45) is 3.73. The fourth-order valence-electron chi connectivity index (χ4n) is 3.73. The van der Waals surface area contributed by atoms with Gasteiger partial charge in [0.15, 0.2) is 5.69 Å². The van der Waals surface area contributed by atoms with E-state index in [2.05, 4.69) is 15.3 Å². The Morgan fingerprint density at radius 2 is 2.06 bits per heavy atom. The van der Waals surface area contributed by atoms with E-state index in [9.17, 15) is 18.7 Å². The number of aliphatic hydroxyl groups excluding tert-OH is 1. The monoisotopic (exact) mass is 460 g/mol. The number of hydrogen-bond acceptors (Lipinski definition) is 7. The first-order chi connectivity index (χ1) is 15.4. The molecule has 0 spiro atoms. The maximum atomic E-state index is 14.1. The normalized spacial score (nSPS) is 20.8. The van der Waals surface area contributed by atoms with Crippen LogP contribution in [-0.4, -0.2) is 33.2 Å². The number of ether oxygens (including phenoxy) is 1. The minimum absolute atomic E-state index is 0.0285. The van der Waals surface area contributed by atoms with Gasteiger partial charge in [-0.25, -0.2) is 13.8 Å². The summed E-state index contributed by atoms with van der Waals surface area (Å²) in [4.78, 5) is 21.1. The largest absolute Gasteiger partial charge is 0.393 e. The zero-order valence-corrected chi connectivity index (χ0v) is 18.0. The number of carbonyl (C=O) groups is 1. The third kappa shape index (κ3) is 4.47. The number of rotatable bonds is 5. The van der Waals surface area contributed by atoms with Gasteiger partial charge in [-0.3, -0.25) is 9.78 Å². The Morgan fingerprint density at radius 1 is 1.31 bits per heavy atom. The van der Waals surface area contributed by atoms with Crippen molar-refractivity contribution < 1.29 is 23.4 Å². The number of benzene rings is 1. The van der Waals surface area contributed by atoms with Crippen LogP contribution in [0.5, 0.6) is 0 Å². The van der Waals surface area contributed by atoms with Crippen molar-refractivity contribution in [2.24, 2.45) is 0 Å². The summed E-state index contributed by atoms with van der Waals surface area (Å²) in [5, 5.41) is 12.9. The standard InChI is InChI=1S/C22H22F2N4O3S/c1-2-12-8-11(29)9-17(31-12)13-6-7-26-10-16(13)27-21(30)19-20(25)32-22(28-19)18-14(23)4-3-5-15(18)24/h3-7,10-12,17,29H,2,8-9,25H2,1H3,(H,27,30)/t11-,12+,17?/m0/s1. The Morgan fingerprint density at radius 3 is 2.78 bits per heavy atom. The molecule has 2 aromatic heterocycles. The molecular formula is C22H22F2N4O3S. The highest BCUT2D eigenvalue weighted by molar-refractivity contribution is 7.19. The molecule has 4 rings (SSSR count). The third-order valence-electron chi connectivity index (χ3n) is 5.33. The second-order valence-corrected chi connectivity index (χ2v) is 8.56. The molecule has 1 saturated heterocycles. The lowest BCUT2D eigenvalue weighted by molar-refractivity contribution is -0.0980. The Hall–Kier alpha value is -2.95. The van der Waals surface area contributed by atoms with E-state index in [1.807, 2.05) is 6.92 Å². The number of nitrogen functional groups attached to an aromatic ring is 1. The number of aromatic nitrogens is 2. The Kier molecular flexibility index (Phi) is 6.45. The number of pyridine rings is 1. The molecule has 0 bridgehead atoms. The van der Waals surface area contributed by atoms with Crippen molar-refractivity contribution >= 4 is 27.9 Å². The van der Waals surface area contributed by atoms with Crippen LogP contribution < -0.4 is 11.1 Å². The van der Waals surface area contributed by atoms with Gasteiger partial charge >= 0.3 is 0 Å². The van der Waals surface area contributed by atoms with Gasteiger partial charge in [-0.15, -0.1) is 0 Å². The molecule has 0 aliphatic carbocycles. The first-order valence-corrected chi connectivity index (χ1v) is 11.0. The predicted octanol–water partition coefficient (Wildman–Crippen LogP) is 4.31. The fourth-order valence-corrected chi connectivity index (χ4v) is 4.61. The van der Waals surface area contributed by atoms with Gasteiger partial charge < -0.3 is 20.9 Å². The first-order valence-electron chi connectivity index (χ1n) is 10.2. The molecule has 32 heavy (non-hydrogen) atoms. The smallest absolute Gasteiger partial charge is 0.277 e.